The van der Waals surface area contributed by atoms with E-state index in [1.807, 2.05) is 52.8 Å². The second kappa shape index (κ2) is 11.1. The van der Waals surface area contributed by atoms with E-state index in [1.54, 1.807) is 44.4 Å². The number of hydrogen-bond acceptors (Lipinski definition) is 6. The zero-order valence-electron chi connectivity index (χ0n) is 24.2. The van der Waals surface area contributed by atoms with Crippen LogP contribution in [0.1, 0.15) is 67.1 Å². The standard InChI is InChI=1S/C33H37NO6/c1-8-40-27-17-21(11-13-25(27)35)29-28(30(36)22-12-14-26(39-7)24(16-22)33(4,5)6)31(37)32(38)34(29)18-23-15-19(2)9-10-20(23)3/h9-17,29,35-36H,8,18H2,1-7H3/b30-28+. The highest BCUT2D eigenvalue weighted by atomic mass is 16.5. The van der Waals surface area contributed by atoms with Crippen LogP contribution in [0.3, 0.4) is 0 Å². The first kappa shape index (κ1) is 28.7. The van der Waals surface area contributed by atoms with Crippen LogP contribution in [0.2, 0.25) is 0 Å². The van der Waals surface area contributed by atoms with Crippen molar-refractivity contribution in [2.75, 3.05) is 13.7 Å². The molecule has 4 rings (SSSR count). The molecule has 1 aliphatic rings. The first-order valence-corrected chi connectivity index (χ1v) is 13.4. The summed E-state index contributed by atoms with van der Waals surface area (Å²) in [6.07, 6.45) is 0. The number of methoxy groups -OCH3 is 1. The van der Waals surface area contributed by atoms with E-state index in [0.717, 1.165) is 22.3 Å². The third kappa shape index (κ3) is 5.41. The Balaban J connectivity index is 1.94. The predicted molar refractivity (Wildman–Crippen MR) is 155 cm³/mol. The number of carbonyl (C=O) groups excluding carboxylic acids is 2. The van der Waals surface area contributed by atoms with Crippen LogP contribution < -0.4 is 9.47 Å². The van der Waals surface area contributed by atoms with Gasteiger partial charge in [0.25, 0.3) is 11.7 Å². The Labute approximate surface area is 235 Å². The molecule has 40 heavy (non-hydrogen) atoms. The third-order valence-electron chi connectivity index (χ3n) is 7.27. The lowest BCUT2D eigenvalue weighted by atomic mass is 9.84. The third-order valence-corrected chi connectivity index (χ3v) is 7.27. The van der Waals surface area contributed by atoms with Gasteiger partial charge < -0.3 is 24.6 Å². The average Bonchev–Trinajstić information content (AvgIpc) is 3.15. The van der Waals surface area contributed by atoms with Gasteiger partial charge in [0, 0.05) is 17.7 Å². The summed E-state index contributed by atoms with van der Waals surface area (Å²) in [4.78, 5) is 28.7. The summed E-state index contributed by atoms with van der Waals surface area (Å²) in [5, 5.41) is 22.0. The van der Waals surface area contributed by atoms with E-state index in [0.29, 0.717) is 23.5 Å². The minimum atomic E-state index is -0.903. The van der Waals surface area contributed by atoms with Crippen LogP contribution in [0.4, 0.5) is 0 Å². The lowest BCUT2D eigenvalue weighted by Crippen LogP contribution is -2.29. The molecule has 7 heteroatoms. The number of aliphatic hydroxyl groups excluding tert-OH is 1. The molecule has 0 bridgehead atoms. The molecule has 210 valence electrons. The van der Waals surface area contributed by atoms with Crippen molar-refractivity contribution in [3.8, 4) is 17.2 Å². The number of amides is 1. The fourth-order valence-electron chi connectivity index (χ4n) is 5.11. The molecule has 1 fully saturated rings. The van der Waals surface area contributed by atoms with Gasteiger partial charge in [-0.25, -0.2) is 0 Å². The maximum atomic E-state index is 13.6. The summed E-state index contributed by atoms with van der Waals surface area (Å²) < 4.78 is 11.2. The van der Waals surface area contributed by atoms with E-state index in [-0.39, 0.29) is 34.8 Å². The number of aliphatic hydroxyl groups is 1. The number of phenolic OH excluding ortho intramolecular Hbond substituents is 1. The van der Waals surface area contributed by atoms with Crippen molar-refractivity contribution in [2.45, 2.75) is 59.5 Å². The van der Waals surface area contributed by atoms with Crippen molar-refractivity contribution in [3.05, 3.63) is 93.6 Å². The molecule has 1 saturated heterocycles. The number of phenols is 1. The molecule has 2 N–H and O–H groups in total. The van der Waals surface area contributed by atoms with Crippen LogP contribution in [-0.4, -0.2) is 40.5 Å². The highest BCUT2D eigenvalue weighted by molar-refractivity contribution is 6.46. The quantitative estimate of drug-likeness (QED) is 0.205. The second-order valence-electron chi connectivity index (χ2n) is 11.2. The topological polar surface area (TPSA) is 96.3 Å². The number of hydrogen-bond donors (Lipinski definition) is 2. The average molecular weight is 544 g/mol. The van der Waals surface area contributed by atoms with Crippen molar-refractivity contribution >= 4 is 17.4 Å². The van der Waals surface area contributed by atoms with Gasteiger partial charge in [0.2, 0.25) is 0 Å². The van der Waals surface area contributed by atoms with E-state index < -0.39 is 17.7 Å². The predicted octanol–water partition coefficient (Wildman–Crippen LogP) is 6.34. The molecule has 1 amide bonds. The number of ether oxygens (including phenoxy) is 2. The van der Waals surface area contributed by atoms with Gasteiger partial charge in [0.05, 0.1) is 25.3 Å². The van der Waals surface area contributed by atoms with Gasteiger partial charge in [0.15, 0.2) is 11.5 Å². The maximum absolute atomic E-state index is 13.6. The smallest absolute Gasteiger partial charge is 0.295 e. The molecule has 1 aliphatic heterocycles. The Morgan fingerprint density at radius 1 is 0.975 bits per heavy atom. The SMILES string of the molecule is CCOc1cc(C2/C(=C(\O)c3ccc(OC)c(C(C)(C)C)c3)C(=O)C(=O)N2Cc2cc(C)ccc2C)ccc1O. The van der Waals surface area contributed by atoms with E-state index in [2.05, 4.69) is 0 Å². The summed E-state index contributed by atoms with van der Waals surface area (Å²) in [5.41, 5.74) is 4.38. The van der Waals surface area contributed by atoms with Gasteiger partial charge in [-0.3, -0.25) is 9.59 Å². The second-order valence-corrected chi connectivity index (χ2v) is 11.2. The number of benzene rings is 3. The Hall–Kier alpha value is -4.26. The highest BCUT2D eigenvalue weighted by Crippen LogP contribution is 2.43. The van der Waals surface area contributed by atoms with Crippen LogP contribution in [0.15, 0.2) is 60.2 Å². The van der Waals surface area contributed by atoms with E-state index >= 15 is 0 Å². The maximum Gasteiger partial charge on any atom is 0.295 e. The van der Waals surface area contributed by atoms with Crippen molar-refractivity contribution in [3.63, 3.8) is 0 Å². The Morgan fingerprint density at radius 3 is 2.35 bits per heavy atom. The fraction of sp³-hybridized carbons (Fsp3) is 0.333. The number of aryl methyl sites for hydroxylation is 2. The van der Waals surface area contributed by atoms with Crippen molar-refractivity contribution < 1.29 is 29.3 Å². The summed E-state index contributed by atoms with van der Waals surface area (Å²) in [5.74, 6) is -0.907. The van der Waals surface area contributed by atoms with Crippen LogP contribution in [0.5, 0.6) is 17.2 Å². The Kier molecular flexibility index (Phi) is 7.96. The minimum Gasteiger partial charge on any atom is -0.507 e. The van der Waals surface area contributed by atoms with Crippen molar-refractivity contribution in [1.82, 2.24) is 4.90 Å². The number of aromatic hydroxyl groups is 1. The summed E-state index contributed by atoms with van der Waals surface area (Å²) in [6.45, 7) is 12.3. The zero-order valence-corrected chi connectivity index (χ0v) is 24.2. The van der Waals surface area contributed by atoms with Crippen LogP contribution in [0.25, 0.3) is 5.76 Å². The van der Waals surface area contributed by atoms with Gasteiger partial charge in [0.1, 0.15) is 11.5 Å². The molecule has 1 atom stereocenters. The molecule has 1 heterocycles. The first-order valence-electron chi connectivity index (χ1n) is 13.4. The summed E-state index contributed by atoms with van der Waals surface area (Å²) in [7, 11) is 1.59. The number of nitrogens with zero attached hydrogens (tertiary/aromatic N) is 1. The molecule has 7 nitrogen and oxygen atoms in total. The van der Waals surface area contributed by atoms with Crippen molar-refractivity contribution in [1.29, 1.82) is 0 Å². The van der Waals surface area contributed by atoms with Gasteiger partial charge in [-0.1, -0.05) is 50.6 Å². The summed E-state index contributed by atoms with van der Waals surface area (Å²) in [6, 6.07) is 15.0. The number of ketones is 1. The molecule has 0 radical (unpaired) electrons. The number of likely N-dealkylation sites (tertiary alicyclic amines) is 1. The van der Waals surface area contributed by atoms with Gasteiger partial charge >= 0.3 is 0 Å². The van der Waals surface area contributed by atoms with Gasteiger partial charge in [-0.15, -0.1) is 0 Å². The zero-order chi connectivity index (χ0) is 29.4. The van der Waals surface area contributed by atoms with E-state index in [1.165, 1.54) is 11.0 Å². The normalized spacial score (nSPS) is 16.9. The Morgan fingerprint density at radius 2 is 1.70 bits per heavy atom. The van der Waals surface area contributed by atoms with Gasteiger partial charge in [-0.05, 0) is 73.2 Å². The van der Waals surface area contributed by atoms with Crippen molar-refractivity contribution in [2.24, 2.45) is 0 Å². The number of Topliss-reactive ketones (excluding diaryl/α,β-unsaturated/α-hetero) is 1. The largest absolute Gasteiger partial charge is 0.507 e. The van der Waals surface area contributed by atoms with E-state index in [4.69, 9.17) is 9.47 Å². The fourth-order valence-corrected chi connectivity index (χ4v) is 5.11. The number of carbonyl (C=O) groups is 2. The molecule has 3 aromatic carbocycles. The molecule has 0 aromatic heterocycles. The minimum absolute atomic E-state index is 0.0199. The molecule has 0 aliphatic carbocycles. The molecular formula is C33H37NO6. The Bertz CT molecular complexity index is 1500. The number of rotatable bonds is 7. The molecular weight excluding hydrogens is 506 g/mol. The monoisotopic (exact) mass is 543 g/mol. The molecule has 0 saturated carbocycles. The van der Waals surface area contributed by atoms with Crippen LogP contribution in [-0.2, 0) is 21.5 Å². The lowest BCUT2D eigenvalue weighted by molar-refractivity contribution is -0.140. The van der Waals surface area contributed by atoms with Crippen LogP contribution >= 0.6 is 0 Å². The summed E-state index contributed by atoms with van der Waals surface area (Å²) >= 11 is 0. The molecule has 3 aromatic rings. The highest BCUT2D eigenvalue weighted by Gasteiger charge is 2.46. The molecule has 0 spiro atoms. The molecule has 1 unspecified atom stereocenters. The van der Waals surface area contributed by atoms with E-state index in [9.17, 15) is 19.8 Å². The van der Waals surface area contributed by atoms with Gasteiger partial charge in [-0.2, -0.15) is 0 Å². The first-order chi connectivity index (χ1) is 18.9. The van der Waals surface area contributed by atoms with Crippen LogP contribution in [0, 0.1) is 13.8 Å². The lowest BCUT2D eigenvalue weighted by Gasteiger charge is -2.27.